The first-order valence-electron chi connectivity index (χ1n) is 5.33. The topological polar surface area (TPSA) is 0 Å². The number of rotatable bonds is 2. The maximum absolute atomic E-state index is 2.35. The predicted octanol–water partition coefficient (Wildman–Crippen LogP) is 2.83. The van der Waals surface area contributed by atoms with E-state index in [1.807, 2.05) is 0 Å². The van der Waals surface area contributed by atoms with Gasteiger partial charge in [-0.25, -0.2) is 0 Å². The van der Waals surface area contributed by atoms with Crippen LogP contribution in [0.3, 0.4) is 0 Å². The van der Waals surface area contributed by atoms with Gasteiger partial charge in [-0.15, -0.1) is 0 Å². The van der Waals surface area contributed by atoms with E-state index in [0.29, 0.717) is 0 Å². The van der Waals surface area contributed by atoms with Crippen LogP contribution in [0.5, 0.6) is 0 Å². The third kappa shape index (κ3) is 0.316. The van der Waals surface area contributed by atoms with Crippen LogP contribution in [0, 0.1) is 28.6 Å². The molecular formula is C11H16. The molecule has 0 radical (unpaired) electrons. The van der Waals surface area contributed by atoms with E-state index < -0.39 is 0 Å². The Bertz CT molecular complexity index is 244. The van der Waals surface area contributed by atoms with Crippen LogP contribution in [0.2, 0.25) is 0 Å². The molecule has 60 valence electrons. The summed E-state index contributed by atoms with van der Waals surface area (Å²) in [5.74, 6) is 3.73. The van der Waals surface area contributed by atoms with E-state index in [9.17, 15) is 0 Å². The van der Waals surface area contributed by atoms with Crippen LogP contribution >= 0.6 is 0 Å². The fourth-order valence-corrected chi connectivity index (χ4v) is 5.47. The summed E-state index contributed by atoms with van der Waals surface area (Å²) in [5, 5.41) is 0. The summed E-state index contributed by atoms with van der Waals surface area (Å²) in [6, 6.07) is 0. The molecule has 5 aliphatic rings. The van der Waals surface area contributed by atoms with Crippen molar-refractivity contribution in [2.75, 3.05) is 0 Å². The molecule has 0 aromatic heterocycles. The van der Waals surface area contributed by atoms with Gasteiger partial charge in [-0.05, 0) is 47.8 Å². The standard InChI is InChI=1S/C11H16/c1-2-3-7-4-11-6-10(7)5-8(11)9(10)11/h7-9H,2-6H2,1H3. The first-order chi connectivity index (χ1) is 5.33. The molecule has 5 saturated carbocycles. The van der Waals surface area contributed by atoms with Gasteiger partial charge in [0.1, 0.15) is 0 Å². The molecule has 0 heteroatoms. The van der Waals surface area contributed by atoms with Gasteiger partial charge < -0.3 is 0 Å². The van der Waals surface area contributed by atoms with E-state index in [-0.39, 0.29) is 0 Å². The Morgan fingerprint density at radius 3 is 2.64 bits per heavy atom. The zero-order valence-corrected chi connectivity index (χ0v) is 7.27. The summed E-state index contributed by atoms with van der Waals surface area (Å²) in [5.41, 5.74) is 1.97. The van der Waals surface area contributed by atoms with Crippen LogP contribution in [0.15, 0.2) is 0 Å². The van der Waals surface area contributed by atoms with Crippen molar-refractivity contribution in [3.63, 3.8) is 0 Å². The lowest BCUT2D eigenvalue weighted by Crippen LogP contribution is -2.38. The molecule has 0 nitrogen and oxygen atoms in total. The minimum atomic E-state index is 0.973. The molecule has 0 aromatic rings. The summed E-state index contributed by atoms with van der Waals surface area (Å²) in [6.07, 6.45) is 7.95. The first kappa shape index (κ1) is 5.61. The summed E-state index contributed by atoms with van der Waals surface area (Å²) in [6.45, 7) is 2.35. The molecule has 5 rings (SSSR count). The van der Waals surface area contributed by atoms with Gasteiger partial charge in [0.15, 0.2) is 0 Å². The van der Waals surface area contributed by atoms with Gasteiger partial charge in [-0.3, -0.25) is 0 Å². The maximum Gasteiger partial charge on any atom is -0.0221 e. The lowest BCUT2D eigenvalue weighted by atomic mass is 9.60. The van der Waals surface area contributed by atoms with Gasteiger partial charge in [0.25, 0.3) is 0 Å². The van der Waals surface area contributed by atoms with E-state index in [0.717, 1.165) is 10.8 Å². The van der Waals surface area contributed by atoms with E-state index in [2.05, 4.69) is 6.92 Å². The SMILES string of the molecule is CCCC1CC23CC14CC2C43. The second kappa shape index (κ2) is 1.20. The summed E-state index contributed by atoms with van der Waals surface area (Å²) in [4.78, 5) is 0. The maximum atomic E-state index is 2.35. The molecule has 5 unspecified atom stereocenters. The minimum Gasteiger partial charge on any atom is -0.0654 e. The van der Waals surface area contributed by atoms with Crippen molar-refractivity contribution in [1.29, 1.82) is 0 Å². The molecule has 0 aromatic carbocycles. The zero-order chi connectivity index (χ0) is 7.27. The van der Waals surface area contributed by atoms with Crippen molar-refractivity contribution in [2.24, 2.45) is 28.6 Å². The Morgan fingerprint density at radius 1 is 1.27 bits per heavy atom. The molecule has 0 amide bonds. The van der Waals surface area contributed by atoms with Crippen LogP contribution in [0.1, 0.15) is 39.0 Å². The third-order valence-electron chi connectivity index (χ3n) is 5.61. The first-order valence-corrected chi connectivity index (χ1v) is 5.33. The van der Waals surface area contributed by atoms with E-state index in [1.54, 1.807) is 25.7 Å². The molecule has 0 saturated heterocycles. The summed E-state index contributed by atoms with van der Waals surface area (Å²) >= 11 is 0. The molecule has 0 aliphatic heterocycles. The predicted molar refractivity (Wildman–Crippen MR) is 44.1 cm³/mol. The van der Waals surface area contributed by atoms with Gasteiger partial charge in [0, 0.05) is 0 Å². The van der Waals surface area contributed by atoms with Gasteiger partial charge in [-0.2, -0.15) is 0 Å². The van der Waals surface area contributed by atoms with Crippen LogP contribution in [-0.2, 0) is 0 Å². The Balaban J connectivity index is 1.70. The molecule has 0 N–H and O–H groups in total. The number of hydrogen-bond acceptors (Lipinski definition) is 0. The Morgan fingerprint density at radius 2 is 2.18 bits per heavy atom. The van der Waals surface area contributed by atoms with E-state index in [1.165, 1.54) is 24.2 Å². The second-order valence-corrected chi connectivity index (χ2v) is 5.62. The summed E-state index contributed by atoms with van der Waals surface area (Å²) in [7, 11) is 0. The largest absolute Gasteiger partial charge is 0.0654 e. The second-order valence-electron chi connectivity index (χ2n) is 5.62. The highest BCUT2D eigenvalue weighted by Gasteiger charge is 2.94. The highest BCUT2D eigenvalue weighted by molar-refractivity contribution is 5.42. The van der Waals surface area contributed by atoms with Crippen LogP contribution in [0.4, 0.5) is 0 Å². The van der Waals surface area contributed by atoms with Gasteiger partial charge in [0.2, 0.25) is 0 Å². The summed E-state index contributed by atoms with van der Waals surface area (Å²) < 4.78 is 0. The Labute approximate surface area is 68.4 Å². The lowest BCUT2D eigenvalue weighted by molar-refractivity contribution is 0.0359. The molecule has 5 aliphatic carbocycles. The Kier molecular flexibility index (Phi) is 0.611. The van der Waals surface area contributed by atoms with Crippen LogP contribution in [-0.4, -0.2) is 0 Å². The Hall–Kier alpha value is 0. The highest BCUT2D eigenvalue weighted by Crippen LogP contribution is 3.01. The normalized spacial score (nSPS) is 73.4. The minimum absolute atomic E-state index is 0.973. The average molecular weight is 148 g/mol. The fraction of sp³-hybridized carbons (Fsp3) is 1.00. The average Bonchev–Trinajstić information content (AvgIpc) is 2.38. The molecule has 11 heavy (non-hydrogen) atoms. The van der Waals surface area contributed by atoms with Crippen molar-refractivity contribution >= 4 is 0 Å². The van der Waals surface area contributed by atoms with E-state index >= 15 is 0 Å². The quantitative estimate of drug-likeness (QED) is 0.565. The molecular weight excluding hydrogens is 132 g/mol. The van der Waals surface area contributed by atoms with Gasteiger partial charge >= 0.3 is 0 Å². The zero-order valence-electron chi connectivity index (χ0n) is 7.27. The molecule has 5 atom stereocenters. The smallest absolute Gasteiger partial charge is 0.0221 e. The monoisotopic (exact) mass is 148 g/mol. The molecule has 5 fully saturated rings. The third-order valence-corrected chi connectivity index (χ3v) is 5.61. The molecule has 2 spiro atoms. The molecule has 0 heterocycles. The molecule has 2 bridgehead atoms. The highest BCUT2D eigenvalue weighted by atomic mass is 15.0. The van der Waals surface area contributed by atoms with Crippen molar-refractivity contribution < 1.29 is 0 Å². The lowest BCUT2D eigenvalue weighted by Gasteiger charge is -2.45. The van der Waals surface area contributed by atoms with E-state index in [4.69, 9.17) is 0 Å². The van der Waals surface area contributed by atoms with Gasteiger partial charge in [0.05, 0.1) is 0 Å². The van der Waals surface area contributed by atoms with Crippen LogP contribution < -0.4 is 0 Å². The number of hydrogen-bond donors (Lipinski definition) is 0. The van der Waals surface area contributed by atoms with Crippen molar-refractivity contribution in [3.05, 3.63) is 0 Å². The van der Waals surface area contributed by atoms with Crippen LogP contribution in [0.25, 0.3) is 0 Å². The number of fused-ring (bicyclic) bond motifs is 1. The van der Waals surface area contributed by atoms with Crippen molar-refractivity contribution in [1.82, 2.24) is 0 Å². The fourth-order valence-electron chi connectivity index (χ4n) is 5.47. The van der Waals surface area contributed by atoms with Crippen molar-refractivity contribution in [3.8, 4) is 0 Å². The van der Waals surface area contributed by atoms with Gasteiger partial charge in [-0.1, -0.05) is 19.8 Å². The van der Waals surface area contributed by atoms with Crippen molar-refractivity contribution in [2.45, 2.75) is 39.0 Å².